The number of carbonyl (C=O) groups excluding carboxylic acids is 1. The van der Waals surface area contributed by atoms with Crippen molar-refractivity contribution in [1.29, 1.82) is 0 Å². The molecule has 0 aliphatic rings. The molecule has 0 radical (unpaired) electrons. The fraction of sp³-hybridized carbons (Fsp3) is 0.500. The normalized spacial score (nSPS) is 10.3. The zero-order valence-electron chi connectivity index (χ0n) is 11.9. The minimum atomic E-state index is -0.324. The molecule has 0 saturated carbocycles. The summed E-state index contributed by atoms with van der Waals surface area (Å²) in [6.07, 6.45) is 0. The van der Waals surface area contributed by atoms with Gasteiger partial charge in [0.2, 0.25) is 0 Å². The van der Waals surface area contributed by atoms with Crippen LogP contribution >= 0.6 is 0 Å². The van der Waals surface area contributed by atoms with Gasteiger partial charge in [0.15, 0.2) is 6.61 Å². The summed E-state index contributed by atoms with van der Waals surface area (Å²) in [6.45, 7) is 6.62. The Kier molecular flexibility index (Phi) is 6.32. The van der Waals surface area contributed by atoms with Crippen LogP contribution in [0.25, 0.3) is 0 Å². The van der Waals surface area contributed by atoms with Gasteiger partial charge in [-0.25, -0.2) is 5.48 Å². The van der Waals surface area contributed by atoms with E-state index >= 15 is 0 Å². The minimum absolute atomic E-state index is 0.0717. The van der Waals surface area contributed by atoms with Crippen molar-refractivity contribution in [3.8, 4) is 5.75 Å². The maximum Gasteiger partial charge on any atom is 0.281 e. The zero-order chi connectivity index (χ0) is 14.3. The molecule has 1 aromatic rings. The van der Waals surface area contributed by atoms with Crippen LogP contribution < -0.4 is 10.2 Å². The number of benzene rings is 1. The molecule has 1 N–H and O–H groups in total. The molecule has 5 heteroatoms. The first-order valence-corrected chi connectivity index (χ1v) is 6.14. The lowest BCUT2D eigenvalue weighted by atomic mass is 10.1. The topological polar surface area (TPSA) is 56.8 Å². The third-order valence-electron chi connectivity index (χ3n) is 2.53. The van der Waals surface area contributed by atoms with Crippen molar-refractivity contribution in [2.45, 2.75) is 20.8 Å². The van der Waals surface area contributed by atoms with E-state index in [4.69, 9.17) is 14.3 Å². The molecule has 1 aromatic carbocycles. The van der Waals surface area contributed by atoms with Crippen LogP contribution in [-0.2, 0) is 14.4 Å². The van der Waals surface area contributed by atoms with Gasteiger partial charge < -0.3 is 9.47 Å². The quantitative estimate of drug-likeness (QED) is 0.603. The molecule has 0 aliphatic heterocycles. The smallest absolute Gasteiger partial charge is 0.281 e. The van der Waals surface area contributed by atoms with Gasteiger partial charge in [0.25, 0.3) is 5.91 Å². The van der Waals surface area contributed by atoms with Crippen LogP contribution in [0.2, 0.25) is 0 Å². The maximum atomic E-state index is 11.5. The molecule has 0 bridgehead atoms. The molecule has 5 nitrogen and oxygen atoms in total. The molecule has 0 aliphatic carbocycles. The van der Waals surface area contributed by atoms with Crippen molar-refractivity contribution in [1.82, 2.24) is 5.48 Å². The number of hydroxylamine groups is 1. The molecule has 19 heavy (non-hydrogen) atoms. The van der Waals surface area contributed by atoms with Crippen LogP contribution in [0, 0.1) is 20.8 Å². The lowest BCUT2D eigenvalue weighted by Gasteiger charge is -2.13. The third-order valence-corrected chi connectivity index (χ3v) is 2.53. The van der Waals surface area contributed by atoms with E-state index < -0.39 is 0 Å². The highest BCUT2D eigenvalue weighted by molar-refractivity contribution is 5.76. The van der Waals surface area contributed by atoms with Gasteiger partial charge in [-0.3, -0.25) is 9.63 Å². The SMILES string of the molecule is COCCONC(=O)COc1c(C)cc(C)cc1C. The number of carbonyl (C=O) groups is 1. The highest BCUT2D eigenvalue weighted by Crippen LogP contribution is 2.24. The Bertz CT molecular complexity index is 408. The van der Waals surface area contributed by atoms with Gasteiger partial charge in [-0.2, -0.15) is 0 Å². The number of ether oxygens (including phenoxy) is 2. The lowest BCUT2D eigenvalue weighted by molar-refractivity contribution is -0.136. The van der Waals surface area contributed by atoms with Crippen molar-refractivity contribution in [2.75, 3.05) is 26.9 Å². The van der Waals surface area contributed by atoms with Crippen LogP contribution in [0.15, 0.2) is 12.1 Å². The molecular weight excluding hydrogens is 246 g/mol. The predicted molar refractivity (Wildman–Crippen MR) is 72.1 cm³/mol. The summed E-state index contributed by atoms with van der Waals surface area (Å²) in [5.74, 6) is 0.424. The van der Waals surface area contributed by atoms with Crippen LogP contribution in [0.1, 0.15) is 16.7 Å². The van der Waals surface area contributed by atoms with Crippen LogP contribution in [0.5, 0.6) is 5.75 Å². The molecule has 0 unspecified atom stereocenters. The van der Waals surface area contributed by atoms with Gasteiger partial charge in [-0.15, -0.1) is 0 Å². The average Bonchev–Trinajstić information content (AvgIpc) is 2.33. The molecular formula is C14H21NO4. The van der Waals surface area contributed by atoms with Crippen molar-refractivity contribution >= 4 is 5.91 Å². The summed E-state index contributed by atoms with van der Waals surface area (Å²) < 4.78 is 10.3. The zero-order valence-corrected chi connectivity index (χ0v) is 11.9. The van der Waals surface area contributed by atoms with Crippen molar-refractivity contribution in [3.63, 3.8) is 0 Å². The number of amides is 1. The number of hydrogen-bond donors (Lipinski definition) is 1. The minimum Gasteiger partial charge on any atom is -0.483 e. The molecule has 0 heterocycles. The second-order valence-electron chi connectivity index (χ2n) is 4.38. The Morgan fingerprint density at radius 2 is 1.79 bits per heavy atom. The third kappa shape index (κ3) is 5.28. The van der Waals surface area contributed by atoms with Crippen LogP contribution in [0.3, 0.4) is 0 Å². The van der Waals surface area contributed by atoms with Crippen molar-refractivity contribution in [3.05, 3.63) is 28.8 Å². The van der Waals surface area contributed by atoms with Gasteiger partial charge in [-0.05, 0) is 31.9 Å². The molecule has 0 spiro atoms. The van der Waals surface area contributed by atoms with Gasteiger partial charge in [0.1, 0.15) is 5.75 Å². The molecule has 0 aromatic heterocycles. The van der Waals surface area contributed by atoms with E-state index in [1.807, 2.05) is 32.9 Å². The highest BCUT2D eigenvalue weighted by Gasteiger charge is 2.08. The maximum absolute atomic E-state index is 11.5. The lowest BCUT2D eigenvalue weighted by Crippen LogP contribution is -2.30. The summed E-state index contributed by atoms with van der Waals surface area (Å²) in [5.41, 5.74) is 5.51. The Labute approximate surface area is 113 Å². The second kappa shape index (κ2) is 7.76. The number of aryl methyl sites for hydroxylation is 3. The van der Waals surface area contributed by atoms with Gasteiger partial charge >= 0.3 is 0 Å². The summed E-state index contributed by atoms with van der Waals surface area (Å²) in [5, 5.41) is 0. The van der Waals surface area contributed by atoms with E-state index in [1.54, 1.807) is 7.11 Å². The van der Waals surface area contributed by atoms with E-state index in [0.29, 0.717) is 13.2 Å². The Balaban J connectivity index is 2.42. The molecule has 0 saturated heterocycles. The van der Waals surface area contributed by atoms with E-state index in [0.717, 1.165) is 16.9 Å². The molecule has 0 atom stereocenters. The van der Waals surface area contributed by atoms with E-state index in [-0.39, 0.29) is 12.5 Å². The Morgan fingerprint density at radius 3 is 2.37 bits per heavy atom. The van der Waals surface area contributed by atoms with Crippen molar-refractivity contribution in [2.24, 2.45) is 0 Å². The van der Waals surface area contributed by atoms with Crippen LogP contribution in [-0.4, -0.2) is 32.8 Å². The fourth-order valence-corrected chi connectivity index (χ4v) is 1.82. The first-order valence-electron chi connectivity index (χ1n) is 6.14. The summed E-state index contributed by atoms with van der Waals surface area (Å²) in [6, 6.07) is 4.05. The Morgan fingerprint density at radius 1 is 1.16 bits per heavy atom. The van der Waals surface area contributed by atoms with E-state index in [1.165, 1.54) is 5.56 Å². The predicted octanol–water partition coefficient (Wildman–Crippen LogP) is 1.68. The number of methoxy groups -OCH3 is 1. The molecule has 1 amide bonds. The van der Waals surface area contributed by atoms with E-state index in [2.05, 4.69) is 5.48 Å². The number of nitrogens with one attached hydrogen (secondary N) is 1. The van der Waals surface area contributed by atoms with E-state index in [9.17, 15) is 4.79 Å². The van der Waals surface area contributed by atoms with Gasteiger partial charge in [-0.1, -0.05) is 17.7 Å². The summed E-state index contributed by atoms with van der Waals surface area (Å²) in [4.78, 5) is 16.4. The molecule has 1 rings (SSSR count). The fourth-order valence-electron chi connectivity index (χ4n) is 1.82. The first-order chi connectivity index (χ1) is 9.04. The highest BCUT2D eigenvalue weighted by atomic mass is 16.7. The van der Waals surface area contributed by atoms with Crippen molar-refractivity contribution < 1.29 is 19.1 Å². The summed E-state index contributed by atoms with van der Waals surface area (Å²) >= 11 is 0. The first kappa shape index (κ1) is 15.5. The van der Waals surface area contributed by atoms with Crippen LogP contribution in [0.4, 0.5) is 0 Å². The second-order valence-corrected chi connectivity index (χ2v) is 4.38. The van der Waals surface area contributed by atoms with Gasteiger partial charge in [0.05, 0.1) is 13.2 Å². The number of rotatable bonds is 7. The Hall–Kier alpha value is -1.59. The van der Waals surface area contributed by atoms with Gasteiger partial charge in [0, 0.05) is 7.11 Å². The number of hydrogen-bond acceptors (Lipinski definition) is 4. The standard InChI is InChI=1S/C14H21NO4/c1-10-7-11(2)14(12(3)8-10)18-9-13(16)15-19-6-5-17-4/h7-8H,5-6,9H2,1-4H3,(H,15,16). The largest absolute Gasteiger partial charge is 0.483 e. The molecule has 106 valence electrons. The summed E-state index contributed by atoms with van der Waals surface area (Å²) in [7, 11) is 1.57. The average molecular weight is 267 g/mol. The monoisotopic (exact) mass is 267 g/mol. The molecule has 0 fully saturated rings.